The lowest BCUT2D eigenvalue weighted by Gasteiger charge is -2.23. The van der Waals surface area contributed by atoms with Crippen LogP contribution in [0.5, 0.6) is 0 Å². The van der Waals surface area contributed by atoms with Crippen molar-refractivity contribution in [3.05, 3.63) is 45.7 Å². The van der Waals surface area contributed by atoms with Crippen LogP contribution < -0.4 is 4.90 Å². The summed E-state index contributed by atoms with van der Waals surface area (Å²) in [7, 11) is 0. The summed E-state index contributed by atoms with van der Waals surface area (Å²) in [6.07, 6.45) is 1.80. The summed E-state index contributed by atoms with van der Waals surface area (Å²) in [6, 6.07) is 5.38. The minimum atomic E-state index is 0.554. The molecule has 1 aromatic heterocycles. The normalized spacial score (nSPS) is 15.6. The molecule has 8 heteroatoms. The molecular formula is C16H19Cl2N4OS+. The lowest BCUT2D eigenvalue weighted by Crippen LogP contribution is -3.13. The smallest absolute Gasteiger partial charge is 0.203 e. The van der Waals surface area contributed by atoms with Crippen LogP contribution in [-0.2, 0) is 18.0 Å². The standard InChI is InChI=1S/C16H18Cl2N4OS/c1-2-5-21-15(13-4-3-12(17)10-14(13)18)19-22(16(21)24)11-20-6-8-23-9-7-20/h2-4,10H,1,5-9,11H2/p+1. The zero-order valence-corrected chi connectivity index (χ0v) is 15.5. The molecule has 1 aliphatic rings. The zero-order chi connectivity index (χ0) is 17.1. The molecule has 3 rings (SSSR count). The summed E-state index contributed by atoms with van der Waals surface area (Å²) in [5.41, 5.74) is 0.810. The minimum absolute atomic E-state index is 0.554. The molecule has 2 aromatic rings. The first-order valence-corrected chi connectivity index (χ1v) is 8.92. The number of rotatable bonds is 5. The lowest BCUT2D eigenvalue weighted by molar-refractivity contribution is -0.930. The molecule has 24 heavy (non-hydrogen) atoms. The first kappa shape index (κ1) is 17.6. The van der Waals surface area contributed by atoms with Gasteiger partial charge in [-0.25, -0.2) is 0 Å². The lowest BCUT2D eigenvalue weighted by atomic mass is 10.2. The van der Waals surface area contributed by atoms with E-state index in [4.69, 9.17) is 45.3 Å². The van der Waals surface area contributed by atoms with Gasteiger partial charge in [-0.15, -0.1) is 11.7 Å². The van der Waals surface area contributed by atoms with Gasteiger partial charge >= 0.3 is 0 Å². The van der Waals surface area contributed by atoms with Crippen molar-refractivity contribution < 1.29 is 9.64 Å². The predicted octanol–water partition coefficient (Wildman–Crippen LogP) is 2.45. The highest BCUT2D eigenvalue weighted by molar-refractivity contribution is 7.71. The van der Waals surface area contributed by atoms with Crippen molar-refractivity contribution in [3.63, 3.8) is 0 Å². The molecule has 1 aromatic carbocycles. The maximum Gasteiger partial charge on any atom is 0.203 e. The fourth-order valence-electron chi connectivity index (χ4n) is 2.74. The van der Waals surface area contributed by atoms with E-state index in [2.05, 4.69) is 6.58 Å². The van der Waals surface area contributed by atoms with Crippen LogP contribution in [0.1, 0.15) is 0 Å². The molecule has 1 aliphatic heterocycles. The van der Waals surface area contributed by atoms with E-state index in [-0.39, 0.29) is 0 Å². The third-order valence-corrected chi connectivity index (χ3v) is 4.96. The summed E-state index contributed by atoms with van der Waals surface area (Å²) in [5.74, 6) is 0.731. The predicted molar refractivity (Wildman–Crippen MR) is 98.2 cm³/mol. The summed E-state index contributed by atoms with van der Waals surface area (Å²) >= 11 is 18.0. The molecule has 0 bridgehead atoms. The Hall–Kier alpha value is -1.18. The highest BCUT2D eigenvalue weighted by atomic mass is 35.5. The van der Waals surface area contributed by atoms with Crippen molar-refractivity contribution in [2.45, 2.75) is 13.2 Å². The molecule has 1 N–H and O–H groups in total. The quantitative estimate of drug-likeness (QED) is 0.634. The van der Waals surface area contributed by atoms with Crippen LogP contribution in [0.3, 0.4) is 0 Å². The molecule has 5 nitrogen and oxygen atoms in total. The third-order valence-electron chi connectivity index (χ3n) is 3.98. The van der Waals surface area contributed by atoms with Crippen LogP contribution >= 0.6 is 35.4 Å². The third kappa shape index (κ3) is 3.73. The zero-order valence-electron chi connectivity index (χ0n) is 13.2. The van der Waals surface area contributed by atoms with Gasteiger partial charge in [0.05, 0.1) is 18.2 Å². The molecule has 0 radical (unpaired) electrons. The molecular weight excluding hydrogens is 367 g/mol. The Balaban J connectivity index is 2.00. The van der Waals surface area contributed by atoms with E-state index in [0.717, 1.165) is 37.7 Å². The number of hydrogen-bond donors (Lipinski definition) is 1. The Kier molecular flexibility index (Phi) is 5.73. The van der Waals surface area contributed by atoms with E-state index in [1.165, 1.54) is 4.90 Å². The van der Waals surface area contributed by atoms with E-state index < -0.39 is 0 Å². The van der Waals surface area contributed by atoms with Crippen LogP contribution in [0.2, 0.25) is 10.0 Å². The number of nitrogens with zero attached hydrogens (tertiary/aromatic N) is 3. The van der Waals surface area contributed by atoms with Crippen LogP contribution in [-0.4, -0.2) is 40.7 Å². The monoisotopic (exact) mass is 385 g/mol. The van der Waals surface area contributed by atoms with Gasteiger partial charge in [-0.3, -0.25) is 4.57 Å². The number of hydrogen-bond acceptors (Lipinski definition) is 3. The summed E-state index contributed by atoms with van der Waals surface area (Å²) in [4.78, 5) is 1.40. The van der Waals surface area contributed by atoms with Crippen molar-refractivity contribution in [3.8, 4) is 11.4 Å². The van der Waals surface area contributed by atoms with E-state index in [1.54, 1.807) is 18.2 Å². The Labute approximate surface area is 156 Å². The van der Waals surface area contributed by atoms with E-state index in [0.29, 0.717) is 28.0 Å². The highest BCUT2D eigenvalue weighted by Crippen LogP contribution is 2.29. The first-order chi connectivity index (χ1) is 11.6. The number of ether oxygens (including phenoxy) is 1. The Morgan fingerprint density at radius 3 is 2.75 bits per heavy atom. The van der Waals surface area contributed by atoms with Gasteiger partial charge in [0.2, 0.25) is 4.77 Å². The number of halogens is 2. The van der Waals surface area contributed by atoms with E-state index in [1.807, 2.05) is 15.3 Å². The Morgan fingerprint density at radius 2 is 2.08 bits per heavy atom. The number of nitrogens with one attached hydrogen (secondary N) is 1. The summed E-state index contributed by atoms with van der Waals surface area (Å²) in [5, 5.41) is 5.87. The van der Waals surface area contributed by atoms with E-state index in [9.17, 15) is 0 Å². The minimum Gasteiger partial charge on any atom is -0.370 e. The van der Waals surface area contributed by atoms with Gasteiger partial charge in [0.15, 0.2) is 12.5 Å². The van der Waals surface area contributed by atoms with Gasteiger partial charge in [-0.05, 0) is 30.4 Å². The van der Waals surface area contributed by atoms with Crippen molar-refractivity contribution in [1.82, 2.24) is 14.3 Å². The summed E-state index contributed by atoms with van der Waals surface area (Å²) < 4.78 is 9.87. The fourth-order valence-corrected chi connectivity index (χ4v) is 3.50. The Morgan fingerprint density at radius 1 is 1.33 bits per heavy atom. The maximum absolute atomic E-state index is 6.36. The first-order valence-electron chi connectivity index (χ1n) is 7.75. The molecule has 2 heterocycles. The van der Waals surface area contributed by atoms with Crippen molar-refractivity contribution >= 4 is 35.4 Å². The average molecular weight is 386 g/mol. The van der Waals surface area contributed by atoms with Gasteiger partial charge in [-0.1, -0.05) is 29.3 Å². The number of morpholine rings is 1. The van der Waals surface area contributed by atoms with Gasteiger partial charge < -0.3 is 9.64 Å². The maximum atomic E-state index is 6.36. The SMILES string of the molecule is C=CCn1c(-c2ccc(Cl)cc2Cl)nn(C[NH+]2CCOCC2)c1=S. The molecule has 0 saturated carbocycles. The second kappa shape index (κ2) is 7.80. The largest absolute Gasteiger partial charge is 0.370 e. The van der Waals surface area contributed by atoms with Crippen molar-refractivity contribution in [2.75, 3.05) is 26.3 Å². The molecule has 0 amide bonds. The summed E-state index contributed by atoms with van der Waals surface area (Å²) in [6.45, 7) is 8.54. The highest BCUT2D eigenvalue weighted by Gasteiger charge is 2.19. The van der Waals surface area contributed by atoms with Gasteiger partial charge in [0, 0.05) is 17.1 Å². The second-order valence-corrected chi connectivity index (χ2v) is 6.86. The number of quaternary nitrogens is 1. The Bertz CT molecular complexity index is 796. The van der Waals surface area contributed by atoms with Crippen LogP contribution in [0, 0.1) is 4.77 Å². The number of aromatic nitrogens is 3. The van der Waals surface area contributed by atoms with Gasteiger partial charge in [0.25, 0.3) is 0 Å². The van der Waals surface area contributed by atoms with Gasteiger partial charge in [0.1, 0.15) is 13.1 Å². The molecule has 128 valence electrons. The number of benzene rings is 1. The van der Waals surface area contributed by atoms with Crippen LogP contribution in [0.4, 0.5) is 0 Å². The molecule has 1 fully saturated rings. The fraction of sp³-hybridized carbons (Fsp3) is 0.375. The van der Waals surface area contributed by atoms with Gasteiger partial charge in [-0.2, -0.15) is 4.68 Å². The molecule has 0 atom stereocenters. The van der Waals surface area contributed by atoms with Crippen molar-refractivity contribution in [2.24, 2.45) is 0 Å². The number of allylic oxidation sites excluding steroid dienone is 1. The van der Waals surface area contributed by atoms with Crippen molar-refractivity contribution in [1.29, 1.82) is 0 Å². The van der Waals surface area contributed by atoms with E-state index >= 15 is 0 Å². The van der Waals surface area contributed by atoms with Crippen LogP contribution in [0.25, 0.3) is 11.4 Å². The average Bonchev–Trinajstić information content (AvgIpc) is 2.86. The second-order valence-electron chi connectivity index (χ2n) is 5.65. The molecule has 1 saturated heterocycles. The molecule has 0 aliphatic carbocycles. The molecule has 0 spiro atoms. The topological polar surface area (TPSA) is 36.4 Å². The van der Waals surface area contributed by atoms with Crippen LogP contribution in [0.15, 0.2) is 30.9 Å². The molecule has 0 unspecified atom stereocenters.